The van der Waals surface area contributed by atoms with Gasteiger partial charge in [0.2, 0.25) is 0 Å². The predicted molar refractivity (Wildman–Crippen MR) is 29.3 cm³/mol. The van der Waals surface area contributed by atoms with E-state index in [-0.39, 0.29) is 11.7 Å². The van der Waals surface area contributed by atoms with Crippen LogP contribution in [0.4, 0.5) is 0 Å². The topological polar surface area (TPSA) is 37.3 Å². The van der Waals surface area contributed by atoms with Crippen LogP contribution in [0.25, 0.3) is 0 Å². The Bertz CT molecular complexity index is 128. The van der Waals surface area contributed by atoms with Gasteiger partial charge >= 0.3 is 0 Å². The zero-order valence-electron chi connectivity index (χ0n) is 4.50. The van der Waals surface area contributed by atoms with Crippen LogP contribution in [-0.2, 0) is 4.79 Å². The van der Waals surface area contributed by atoms with Gasteiger partial charge in [0.05, 0.1) is 5.92 Å². The molecule has 44 valence electrons. The Labute approximate surface area is 47.8 Å². The molecule has 0 aromatic heterocycles. The third kappa shape index (κ3) is 0.670. The van der Waals surface area contributed by atoms with Crippen molar-refractivity contribution >= 4 is 5.78 Å². The molecule has 0 aromatic rings. The Balaban J connectivity index is 2.33. The molecule has 1 aliphatic carbocycles. The minimum Gasteiger partial charge on any atom is -0.385 e. The van der Waals surface area contributed by atoms with Crippen LogP contribution in [0.5, 0.6) is 0 Å². The number of ketones is 1. The molecule has 0 spiro atoms. The summed E-state index contributed by atoms with van der Waals surface area (Å²) in [6.07, 6.45) is 1.60. The van der Waals surface area contributed by atoms with E-state index >= 15 is 0 Å². The molecule has 1 N–H and O–H groups in total. The molecule has 0 heterocycles. The summed E-state index contributed by atoms with van der Waals surface area (Å²) in [6, 6.07) is 0. The zero-order valence-corrected chi connectivity index (χ0v) is 4.50. The number of allylic oxidation sites excluding steroid dienone is 1. The second-order valence-electron chi connectivity index (χ2n) is 1.98. The molecule has 2 nitrogen and oxygen atoms in total. The minimum absolute atomic E-state index is 0.0371. The fourth-order valence-corrected chi connectivity index (χ4v) is 0.701. The lowest BCUT2D eigenvalue weighted by atomic mass is 10.3. The van der Waals surface area contributed by atoms with Crippen molar-refractivity contribution in [3.05, 3.63) is 12.7 Å². The van der Waals surface area contributed by atoms with E-state index in [1.54, 1.807) is 6.08 Å². The maximum Gasteiger partial charge on any atom is 0.168 e. The third-order valence-corrected chi connectivity index (χ3v) is 1.35. The van der Waals surface area contributed by atoms with Crippen LogP contribution >= 0.6 is 0 Å². The highest BCUT2D eigenvalue weighted by atomic mass is 16.3. The average Bonchev–Trinajstić information content (AvgIpc) is 2.25. The Morgan fingerprint density at radius 3 is 2.50 bits per heavy atom. The van der Waals surface area contributed by atoms with Crippen LogP contribution in [0.15, 0.2) is 12.7 Å². The summed E-state index contributed by atoms with van der Waals surface area (Å²) in [5, 5.41) is 8.63. The number of rotatable bonds is 2. The van der Waals surface area contributed by atoms with Gasteiger partial charge in [0.1, 0.15) is 6.10 Å². The first-order chi connectivity index (χ1) is 3.77. The van der Waals surface area contributed by atoms with E-state index in [9.17, 15) is 4.79 Å². The highest BCUT2D eigenvalue weighted by Gasteiger charge is 2.46. The van der Waals surface area contributed by atoms with Crippen molar-refractivity contribution < 1.29 is 9.90 Å². The minimum atomic E-state index is -0.673. The zero-order chi connectivity index (χ0) is 6.15. The third-order valence-electron chi connectivity index (χ3n) is 1.35. The number of hydrogen-bond acceptors (Lipinski definition) is 2. The second-order valence-corrected chi connectivity index (χ2v) is 1.98. The van der Waals surface area contributed by atoms with Crippen LogP contribution < -0.4 is 0 Å². The Morgan fingerprint density at radius 2 is 2.38 bits per heavy atom. The molecule has 0 bridgehead atoms. The largest absolute Gasteiger partial charge is 0.385 e. The van der Waals surface area contributed by atoms with Crippen molar-refractivity contribution in [3.8, 4) is 0 Å². The van der Waals surface area contributed by atoms with Crippen molar-refractivity contribution in [2.75, 3.05) is 0 Å². The summed E-state index contributed by atoms with van der Waals surface area (Å²) >= 11 is 0. The van der Waals surface area contributed by atoms with E-state index in [2.05, 4.69) is 6.58 Å². The summed E-state index contributed by atoms with van der Waals surface area (Å²) in [6.45, 7) is 3.45. The molecule has 2 atom stereocenters. The van der Waals surface area contributed by atoms with Gasteiger partial charge in [-0.2, -0.15) is 0 Å². The SMILES string of the molecule is C=CCC1C(=O)C1O. The summed E-state index contributed by atoms with van der Waals surface area (Å²) < 4.78 is 0. The lowest BCUT2D eigenvalue weighted by molar-refractivity contribution is -0.113. The normalized spacial score (nSPS) is 34.9. The fraction of sp³-hybridized carbons (Fsp3) is 0.500. The molecule has 1 aliphatic rings. The average molecular weight is 112 g/mol. The second kappa shape index (κ2) is 1.71. The molecule has 2 unspecified atom stereocenters. The highest BCUT2D eigenvalue weighted by Crippen LogP contribution is 2.28. The molecule has 0 aliphatic heterocycles. The molecule has 8 heavy (non-hydrogen) atoms. The summed E-state index contributed by atoms with van der Waals surface area (Å²) in [4.78, 5) is 10.3. The summed E-state index contributed by atoms with van der Waals surface area (Å²) in [5.41, 5.74) is 0. The van der Waals surface area contributed by atoms with Crippen molar-refractivity contribution in [1.29, 1.82) is 0 Å². The van der Waals surface area contributed by atoms with Gasteiger partial charge in [-0.05, 0) is 6.42 Å². The quantitative estimate of drug-likeness (QED) is 0.515. The molecule has 0 radical (unpaired) electrons. The van der Waals surface area contributed by atoms with Crippen molar-refractivity contribution in [1.82, 2.24) is 0 Å². The summed E-state index contributed by atoms with van der Waals surface area (Å²) in [5.74, 6) is -0.155. The van der Waals surface area contributed by atoms with Crippen LogP contribution in [0, 0.1) is 5.92 Å². The first-order valence-corrected chi connectivity index (χ1v) is 2.60. The maximum atomic E-state index is 10.3. The molecule has 0 saturated heterocycles. The van der Waals surface area contributed by atoms with Gasteiger partial charge in [-0.25, -0.2) is 0 Å². The number of aliphatic hydroxyl groups is 1. The number of Topliss-reactive ketones (excluding diaryl/α,β-unsaturated/α-hetero) is 1. The van der Waals surface area contributed by atoms with Crippen molar-refractivity contribution in [2.45, 2.75) is 12.5 Å². The Morgan fingerprint density at radius 1 is 1.88 bits per heavy atom. The lowest BCUT2D eigenvalue weighted by Gasteiger charge is -1.78. The van der Waals surface area contributed by atoms with E-state index in [4.69, 9.17) is 5.11 Å². The van der Waals surface area contributed by atoms with Gasteiger partial charge in [0.15, 0.2) is 5.78 Å². The van der Waals surface area contributed by atoms with Crippen LogP contribution in [0.2, 0.25) is 0 Å². The molecule has 1 rings (SSSR count). The molecule has 0 amide bonds. The van der Waals surface area contributed by atoms with E-state index in [0.717, 1.165) is 0 Å². The van der Waals surface area contributed by atoms with Gasteiger partial charge in [-0.1, -0.05) is 6.08 Å². The Hall–Kier alpha value is -0.630. The van der Waals surface area contributed by atoms with Crippen molar-refractivity contribution in [2.24, 2.45) is 5.92 Å². The molecule has 0 aromatic carbocycles. The number of hydrogen-bond donors (Lipinski definition) is 1. The van der Waals surface area contributed by atoms with Gasteiger partial charge < -0.3 is 5.11 Å². The van der Waals surface area contributed by atoms with Crippen molar-refractivity contribution in [3.63, 3.8) is 0 Å². The van der Waals surface area contributed by atoms with Crippen LogP contribution in [0.3, 0.4) is 0 Å². The molecule has 1 saturated carbocycles. The van der Waals surface area contributed by atoms with E-state index in [1.165, 1.54) is 0 Å². The van der Waals surface area contributed by atoms with Crippen LogP contribution in [0.1, 0.15) is 6.42 Å². The maximum absolute atomic E-state index is 10.3. The first kappa shape index (κ1) is 5.51. The molecule has 2 heteroatoms. The molecular formula is C6H8O2. The standard InChI is InChI=1S/C6H8O2/c1-2-3-4-5(7)6(4)8/h2,4-5,7H,1,3H2. The van der Waals surface area contributed by atoms with E-state index < -0.39 is 6.10 Å². The van der Waals surface area contributed by atoms with E-state index in [0.29, 0.717) is 6.42 Å². The van der Waals surface area contributed by atoms with Gasteiger partial charge in [0, 0.05) is 0 Å². The first-order valence-electron chi connectivity index (χ1n) is 2.60. The van der Waals surface area contributed by atoms with Gasteiger partial charge in [0.25, 0.3) is 0 Å². The number of aliphatic hydroxyl groups excluding tert-OH is 1. The van der Waals surface area contributed by atoms with E-state index in [1.807, 2.05) is 0 Å². The Kier molecular flexibility index (Phi) is 1.18. The predicted octanol–water partition coefficient (Wildman–Crippen LogP) is 0.122. The highest BCUT2D eigenvalue weighted by molar-refractivity contribution is 6.01. The smallest absolute Gasteiger partial charge is 0.168 e. The number of carbonyl (C=O) groups is 1. The fourth-order valence-electron chi connectivity index (χ4n) is 0.701. The van der Waals surface area contributed by atoms with Gasteiger partial charge in [-0.3, -0.25) is 4.79 Å². The lowest BCUT2D eigenvalue weighted by Crippen LogP contribution is -1.81. The molecule has 1 fully saturated rings. The summed E-state index contributed by atoms with van der Waals surface area (Å²) in [7, 11) is 0. The van der Waals surface area contributed by atoms with Crippen LogP contribution in [-0.4, -0.2) is 17.0 Å². The molecular weight excluding hydrogens is 104 g/mol. The van der Waals surface area contributed by atoms with Gasteiger partial charge in [-0.15, -0.1) is 6.58 Å². The number of carbonyl (C=O) groups excluding carboxylic acids is 1. The monoisotopic (exact) mass is 112 g/mol.